The van der Waals surface area contributed by atoms with Gasteiger partial charge < -0.3 is 0 Å². The Hall–Kier alpha value is 0.355. The van der Waals surface area contributed by atoms with Crippen LogP contribution >= 0.6 is 11.6 Å². The first-order valence-corrected chi connectivity index (χ1v) is 3.89. The molecule has 0 aliphatic heterocycles. The number of rotatable bonds is 4. The molecule has 0 aliphatic rings. The van der Waals surface area contributed by atoms with Gasteiger partial charge in [-0.1, -0.05) is 26.7 Å². The van der Waals surface area contributed by atoms with Gasteiger partial charge in [-0.3, -0.25) is 0 Å². The molecular formula is C7H18BCl. The van der Waals surface area contributed by atoms with Crippen LogP contribution < -0.4 is 0 Å². The summed E-state index contributed by atoms with van der Waals surface area (Å²) >= 11 is 5.88. The molecule has 0 bridgehead atoms. The van der Waals surface area contributed by atoms with Gasteiger partial charge in [-0.25, -0.2) is 0 Å². The molecule has 0 heterocycles. The fraction of sp³-hybridized carbons (Fsp3) is 1.00. The summed E-state index contributed by atoms with van der Waals surface area (Å²) in [5, 5.41) is 0.435. The summed E-state index contributed by atoms with van der Waals surface area (Å²) in [6.45, 7) is 4.34. The molecule has 0 aromatic carbocycles. The number of alkyl halides is 1. The van der Waals surface area contributed by atoms with Crippen molar-refractivity contribution in [2.45, 2.75) is 44.9 Å². The average Bonchev–Trinajstić information content (AvgIpc) is 1.68. The first-order chi connectivity index (χ1) is 3.81. The first-order valence-electron chi connectivity index (χ1n) is 3.45. The van der Waals surface area contributed by atoms with E-state index in [4.69, 9.17) is 11.6 Å². The van der Waals surface area contributed by atoms with Crippen LogP contribution in [-0.2, 0) is 0 Å². The quantitative estimate of drug-likeness (QED) is 0.423. The van der Waals surface area contributed by atoms with Crippen LogP contribution in [0.5, 0.6) is 0 Å². The van der Waals surface area contributed by atoms with Crippen molar-refractivity contribution in [2.75, 3.05) is 0 Å². The van der Waals surface area contributed by atoms with Gasteiger partial charge in [0.1, 0.15) is 0 Å². The van der Waals surface area contributed by atoms with Gasteiger partial charge in [-0.05, 0) is 12.8 Å². The maximum Gasteiger partial charge on any atom is 0.0814 e. The van der Waals surface area contributed by atoms with Crippen molar-refractivity contribution in [3.63, 3.8) is 0 Å². The maximum absolute atomic E-state index is 5.88. The Bertz CT molecular complexity index is 42.2. The Morgan fingerprint density at radius 3 is 1.67 bits per heavy atom. The second-order valence-corrected chi connectivity index (χ2v) is 2.79. The summed E-state index contributed by atoms with van der Waals surface area (Å²) in [7, 11) is 0. The Balaban J connectivity index is 0. The standard InChI is InChI=1S/C7H15Cl.BH3/c1-3-5-7(8)6-4-2;/h7H,3-6H2,1-2H3;1H3. The lowest BCUT2D eigenvalue weighted by Crippen LogP contribution is -1.94. The Labute approximate surface area is 65.6 Å². The van der Waals surface area contributed by atoms with Crippen molar-refractivity contribution in [3.05, 3.63) is 0 Å². The first kappa shape index (κ1) is 12.1. The highest BCUT2D eigenvalue weighted by atomic mass is 35.5. The summed E-state index contributed by atoms with van der Waals surface area (Å²) in [5.41, 5.74) is 0. The molecule has 0 aromatic rings. The van der Waals surface area contributed by atoms with Crippen LogP contribution in [0.3, 0.4) is 0 Å². The molecule has 0 unspecified atom stereocenters. The van der Waals surface area contributed by atoms with Crippen molar-refractivity contribution in [1.82, 2.24) is 0 Å². The van der Waals surface area contributed by atoms with Crippen molar-refractivity contribution < 1.29 is 0 Å². The molecule has 0 N–H and O–H groups in total. The van der Waals surface area contributed by atoms with Gasteiger partial charge in [0.05, 0.1) is 8.41 Å². The van der Waals surface area contributed by atoms with E-state index in [0.29, 0.717) is 5.38 Å². The number of hydrogen-bond donors (Lipinski definition) is 0. The molecule has 0 amide bonds. The smallest absolute Gasteiger partial charge is 0.0814 e. The molecule has 0 fully saturated rings. The molecule has 0 aromatic heterocycles. The lowest BCUT2D eigenvalue weighted by atomic mass is 10.2. The fourth-order valence-corrected chi connectivity index (χ4v) is 1.21. The van der Waals surface area contributed by atoms with E-state index < -0.39 is 0 Å². The van der Waals surface area contributed by atoms with Crippen molar-refractivity contribution >= 4 is 20.0 Å². The zero-order valence-electron chi connectivity index (χ0n) is 5.78. The van der Waals surface area contributed by atoms with Crippen molar-refractivity contribution in [1.29, 1.82) is 0 Å². The zero-order chi connectivity index (χ0) is 6.41. The number of halogens is 1. The van der Waals surface area contributed by atoms with Crippen LogP contribution in [-0.4, -0.2) is 13.8 Å². The van der Waals surface area contributed by atoms with E-state index in [-0.39, 0.29) is 8.41 Å². The maximum atomic E-state index is 5.88. The minimum absolute atomic E-state index is 0. The highest BCUT2D eigenvalue weighted by Gasteiger charge is 1.98. The van der Waals surface area contributed by atoms with E-state index in [2.05, 4.69) is 13.8 Å². The zero-order valence-corrected chi connectivity index (χ0v) is 6.54. The molecule has 0 atom stereocenters. The average molecular weight is 148 g/mol. The van der Waals surface area contributed by atoms with Gasteiger partial charge >= 0.3 is 0 Å². The fourth-order valence-electron chi connectivity index (χ4n) is 0.771. The molecule has 0 aliphatic carbocycles. The monoisotopic (exact) mass is 148 g/mol. The molecule has 9 heavy (non-hydrogen) atoms. The molecular weight excluding hydrogens is 130 g/mol. The number of hydrogen-bond acceptors (Lipinski definition) is 0. The molecule has 56 valence electrons. The predicted molar refractivity (Wildman–Crippen MR) is 49.4 cm³/mol. The second-order valence-electron chi connectivity index (χ2n) is 2.17. The highest BCUT2D eigenvalue weighted by Crippen LogP contribution is 2.10. The molecule has 0 radical (unpaired) electrons. The lowest BCUT2D eigenvalue weighted by molar-refractivity contribution is 0.665. The highest BCUT2D eigenvalue weighted by molar-refractivity contribution is 6.20. The van der Waals surface area contributed by atoms with E-state index >= 15 is 0 Å². The Kier molecular flexibility index (Phi) is 11.2. The molecule has 2 heteroatoms. The van der Waals surface area contributed by atoms with Gasteiger partial charge in [0, 0.05) is 5.38 Å². The van der Waals surface area contributed by atoms with Gasteiger partial charge in [0.25, 0.3) is 0 Å². The molecule has 0 saturated carbocycles. The van der Waals surface area contributed by atoms with Gasteiger partial charge in [-0.15, -0.1) is 11.6 Å². The summed E-state index contributed by atoms with van der Waals surface area (Å²) in [6, 6.07) is 0. The van der Waals surface area contributed by atoms with E-state index in [1.165, 1.54) is 25.7 Å². The largest absolute Gasteiger partial charge is 0.123 e. The van der Waals surface area contributed by atoms with Crippen LogP contribution in [0.4, 0.5) is 0 Å². The minimum Gasteiger partial charge on any atom is -0.123 e. The summed E-state index contributed by atoms with van der Waals surface area (Å²) < 4.78 is 0. The Morgan fingerprint density at radius 1 is 1.11 bits per heavy atom. The van der Waals surface area contributed by atoms with E-state index in [0.717, 1.165) is 0 Å². The van der Waals surface area contributed by atoms with Gasteiger partial charge in [0.15, 0.2) is 0 Å². The van der Waals surface area contributed by atoms with Crippen molar-refractivity contribution in [2.24, 2.45) is 0 Å². The van der Waals surface area contributed by atoms with Gasteiger partial charge in [-0.2, -0.15) is 0 Å². The molecule has 0 saturated heterocycles. The summed E-state index contributed by atoms with van der Waals surface area (Å²) in [5.74, 6) is 0. The Morgan fingerprint density at radius 2 is 1.44 bits per heavy atom. The summed E-state index contributed by atoms with van der Waals surface area (Å²) in [6.07, 6.45) is 4.78. The third-order valence-electron chi connectivity index (χ3n) is 1.20. The molecule has 0 spiro atoms. The second kappa shape index (κ2) is 8.35. The molecule has 0 nitrogen and oxygen atoms in total. The SMILES string of the molecule is B.CCCC(Cl)CCC. The van der Waals surface area contributed by atoms with Crippen LogP contribution in [0.25, 0.3) is 0 Å². The third kappa shape index (κ3) is 8.35. The lowest BCUT2D eigenvalue weighted by Gasteiger charge is -2.02. The van der Waals surface area contributed by atoms with E-state index in [1.807, 2.05) is 0 Å². The van der Waals surface area contributed by atoms with E-state index in [1.54, 1.807) is 0 Å². The van der Waals surface area contributed by atoms with Crippen LogP contribution in [0.2, 0.25) is 0 Å². The normalized spacial score (nSPS) is 9.33. The van der Waals surface area contributed by atoms with Gasteiger partial charge in [0.2, 0.25) is 0 Å². The van der Waals surface area contributed by atoms with Crippen LogP contribution in [0.15, 0.2) is 0 Å². The molecule has 0 rings (SSSR count). The van der Waals surface area contributed by atoms with E-state index in [9.17, 15) is 0 Å². The minimum atomic E-state index is 0. The van der Waals surface area contributed by atoms with Crippen LogP contribution in [0, 0.1) is 0 Å². The third-order valence-corrected chi connectivity index (χ3v) is 1.64. The summed E-state index contributed by atoms with van der Waals surface area (Å²) in [4.78, 5) is 0. The topological polar surface area (TPSA) is 0 Å². The van der Waals surface area contributed by atoms with Crippen molar-refractivity contribution in [3.8, 4) is 0 Å². The van der Waals surface area contributed by atoms with Crippen LogP contribution in [0.1, 0.15) is 39.5 Å². The predicted octanol–water partition coefficient (Wildman–Crippen LogP) is 2.01.